The minimum Gasteiger partial charge on any atom is -0.476 e. The van der Waals surface area contributed by atoms with Crippen LogP contribution in [0.3, 0.4) is 0 Å². The molecule has 9 heteroatoms. The first-order chi connectivity index (χ1) is 10.6. The second-order valence-electron chi connectivity index (χ2n) is 4.44. The molecule has 0 bridgehead atoms. The molecule has 0 aliphatic carbocycles. The van der Waals surface area contributed by atoms with Gasteiger partial charge in [-0.25, -0.2) is 0 Å². The van der Waals surface area contributed by atoms with E-state index < -0.39 is 0 Å². The number of hydrogen-bond donors (Lipinski definition) is 1. The molecule has 2 aromatic heterocycles. The van der Waals surface area contributed by atoms with Crippen molar-refractivity contribution in [3.63, 3.8) is 0 Å². The van der Waals surface area contributed by atoms with E-state index in [-0.39, 0.29) is 11.7 Å². The molecule has 0 spiro atoms. The Hall–Kier alpha value is -2.03. The lowest BCUT2D eigenvalue weighted by Crippen LogP contribution is -2.13. The molecule has 1 amide bonds. The summed E-state index contributed by atoms with van der Waals surface area (Å²) in [6.45, 7) is 7.84. The highest BCUT2D eigenvalue weighted by molar-refractivity contribution is 7.99. The third-order valence-corrected chi connectivity index (χ3v) is 3.94. The molecule has 2 aromatic rings. The number of ether oxygens (including phenoxy) is 1. The summed E-state index contributed by atoms with van der Waals surface area (Å²) in [5, 5.41) is 13.4. The van der Waals surface area contributed by atoms with Gasteiger partial charge in [0.25, 0.3) is 0 Å². The molecule has 8 nitrogen and oxygen atoms in total. The van der Waals surface area contributed by atoms with Crippen molar-refractivity contribution in [1.82, 2.24) is 24.5 Å². The van der Waals surface area contributed by atoms with Crippen LogP contribution >= 0.6 is 11.8 Å². The molecule has 0 saturated carbocycles. The van der Waals surface area contributed by atoms with E-state index in [0.29, 0.717) is 30.0 Å². The van der Waals surface area contributed by atoms with Crippen molar-refractivity contribution in [2.45, 2.75) is 39.0 Å². The fraction of sp³-hybridized carbons (Fsp3) is 0.538. The van der Waals surface area contributed by atoms with Crippen LogP contribution in [0.25, 0.3) is 11.4 Å². The van der Waals surface area contributed by atoms with E-state index in [0.717, 1.165) is 12.1 Å². The van der Waals surface area contributed by atoms with Crippen molar-refractivity contribution in [3.05, 3.63) is 6.20 Å². The fourth-order valence-corrected chi connectivity index (χ4v) is 2.72. The Morgan fingerprint density at radius 3 is 2.68 bits per heavy atom. The van der Waals surface area contributed by atoms with Crippen molar-refractivity contribution in [3.8, 4) is 17.3 Å². The van der Waals surface area contributed by atoms with Gasteiger partial charge in [-0.1, -0.05) is 11.8 Å². The maximum Gasteiger partial charge on any atom is 0.243 e. The van der Waals surface area contributed by atoms with Crippen molar-refractivity contribution >= 4 is 17.7 Å². The highest BCUT2D eigenvalue weighted by atomic mass is 32.2. The third-order valence-electron chi connectivity index (χ3n) is 2.95. The van der Waals surface area contributed by atoms with Gasteiger partial charge in [0.2, 0.25) is 11.8 Å². The zero-order chi connectivity index (χ0) is 16.1. The van der Waals surface area contributed by atoms with Gasteiger partial charge in [0.15, 0.2) is 11.0 Å². The Labute approximate surface area is 133 Å². The highest BCUT2D eigenvalue weighted by Gasteiger charge is 2.20. The molecule has 0 saturated heterocycles. The number of carbonyl (C=O) groups excluding carboxylic acids is 1. The summed E-state index contributed by atoms with van der Waals surface area (Å²) in [7, 11) is 0. The number of aromatic nitrogens is 5. The number of amides is 1. The summed E-state index contributed by atoms with van der Waals surface area (Å²) in [4.78, 5) is 10.9. The summed E-state index contributed by atoms with van der Waals surface area (Å²) < 4.78 is 9.31. The first kappa shape index (κ1) is 16.3. The van der Waals surface area contributed by atoms with E-state index in [4.69, 9.17) is 10.5 Å². The average Bonchev–Trinajstić information content (AvgIpc) is 3.08. The lowest BCUT2D eigenvalue weighted by Gasteiger charge is -2.06. The predicted molar refractivity (Wildman–Crippen MR) is 83.7 cm³/mol. The van der Waals surface area contributed by atoms with Gasteiger partial charge in [-0.05, 0) is 20.8 Å². The van der Waals surface area contributed by atoms with E-state index in [9.17, 15) is 4.79 Å². The fourth-order valence-electron chi connectivity index (χ4n) is 1.98. The molecule has 0 aromatic carbocycles. The number of hydrogen-bond acceptors (Lipinski definition) is 6. The van der Waals surface area contributed by atoms with Gasteiger partial charge >= 0.3 is 0 Å². The zero-order valence-electron chi connectivity index (χ0n) is 12.9. The second-order valence-corrected chi connectivity index (χ2v) is 5.38. The average molecular weight is 324 g/mol. The van der Waals surface area contributed by atoms with Crippen LogP contribution in [-0.4, -0.2) is 42.8 Å². The molecule has 0 fully saturated rings. The van der Waals surface area contributed by atoms with Gasteiger partial charge in [-0.3, -0.25) is 9.48 Å². The molecular weight excluding hydrogens is 304 g/mol. The molecule has 2 rings (SSSR count). The van der Waals surface area contributed by atoms with Crippen molar-refractivity contribution in [1.29, 1.82) is 0 Å². The standard InChI is InChI=1S/C13H20N6O2S/c1-4-18-7-9(12(17-18)21-6-3)11-15-16-13(19(11)5-2)22-8-10(14)20/h7H,4-6,8H2,1-3H3,(H2,14,20). The highest BCUT2D eigenvalue weighted by Crippen LogP contribution is 2.30. The molecule has 0 unspecified atom stereocenters. The van der Waals surface area contributed by atoms with Gasteiger partial charge in [0, 0.05) is 19.3 Å². The van der Waals surface area contributed by atoms with E-state index in [1.165, 1.54) is 11.8 Å². The van der Waals surface area contributed by atoms with Gasteiger partial charge in [0.05, 0.1) is 12.4 Å². The summed E-state index contributed by atoms with van der Waals surface area (Å²) >= 11 is 1.27. The zero-order valence-corrected chi connectivity index (χ0v) is 13.8. The van der Waals surface area contributed by atoms with Gasteiger partial charge < -0.3 is 15.0 Å². The SMILES string of the molecule is CCOc1nn(CC)cc1-c1nnc(SCC(N)=O)n1CC. The van der Waals surface area contributed by atoms with Crippen LogP contribution in [0.1, 0.15) is 20.8 Å². The van der Waals surface area contributed by atoms with E-state index >= 15 is 0 Å². The summed E-state index contributed by atoms with van der Waals surface area (Å²) in [5.41, 5.74) is 5.98. The van der Waals surface area contributed by atoms with Crippen LogP contribution in [0.5, 0.6) is 5.88 Å². The maximum absolute atomic E-state index is 10.9. The van der Waals surface area contributed by atoms with Crippen LogP contribution in [0, 0.1) is 0 Å². The molecule has 0 aliphatic heterocycles. The van der Waals surface area contributed by atoms with Crippen molar-refractivity contribution < 1.29 is 9.53 Å². The molecule has 0 radical (unpaired) electrons. The molecular formula is C13H20N6O2S. The first-order valence-electron chi connectivity index (χ1n) is 7.15. The van der Waals surface area contributed by atoms with Crippen molar-refractivity contribution in [2.24, 2.45) is 5.73 Å². The molecule has 0 aliphatic rings. The Bertz CT molecular complexity index is 651. The van der Waals surface area contributed by atoms with E-state index in [2.05, 4.69) is 15.3 Å². The lowest BCUT2D eigenvalue weighted by molar-refractivity contribution is -0.115. The van der Waals surface area contributed by atoms with Crippen LogP contribution in [0.4, 0.5) is 0 Å². The van der Waals surface area contributed by atoms with Crippen LogP contribution in [0.15, 0.2) is 11.4 Å². The Morgan fingerprint density at radius 1 is 1.32 bits per heavy atom. The normalized spacial score (nSPS) is 10.9. The number of aryl methyl sites for hydroxylation is 1. The minimum atomic E-state index is -0.383. The number of rotatable bonds is 8. The van der Waals surface area contributed by atoms with Gasteiger partial charge in [0.1, 0.15) is 5.56 Å². The summed E-state index contributed by atoms with van der Waals surface area (Å²) in [6.07, 6.45) is 1.89. The van der Waals surface area contributed by atoms with Crippen LogP contribution in [-0.2, 0) is 17.9 Å². The van der Waals surface area contributed by atoms with Crippen LogP contribution in [0.2, 0.25) is 0 Å². The van der Waals surface area contributed by atoms with E-state index in [1.54, 1.807) is 4.68 Å². The molecule has 120 valence electrons. The smallest absolute Gasteiger partial charge is 0.243 e. The largest absolute Gasteiger partial charge is 0.476 e. The monoisotopic (exact) mass is 324 g/mol. The van der Waals surface area contributed by atoms with Crippen LogP contribution < -0.4 is 10.5 Å². The quantitative estimate of drug-likeness (QED) is 0.731. The molecule has 2 N–H and O–H groups in total. The number of carbonyl (C=O) groups is 1. The predicted octanol–water partition coefficient (Wildman–Crippen LogP) is 1.16. The number of nitrogens with two attached hydrogens (primary N) is 1. The summed E-state index contributed by atoms with van der Waals surface area (Å²) in [6, 6.07) is 0. The minimum absolute atomic E-state index is 0.171. The number of nitrogens with zero attached hydrogens (tertiary/aromatic N) is 5. The second kappa shape index (κ2) is 7.30. The van der Waals surface area contributed by atoms with Crippen molar-refractivity contribution in [2.75, 3.05) is 12.4 Å². The Morgan fingerprint density at radius 2 is 2.09 bits per heavy atom. The first-order valence-corrected chi connectivity index (χ1v) is 8.14. The number of primary amides is 1. The maximum atomic E-state index is 10.9. The number of thioether (sulfide) groups is 1. The molecule has 0 atom stereocenters. The third kappa shape index (κ3) is 3.41. The topological polar surface area (TPSA) is 101 Å². The molecule has 2 heterocycles. The van der Waals surface area contributed by atoms with Gasteiger partial charge in [-0.2, -0.15) is 0 Å². The summed E-state index contributed by atoms with van der Waals surface area (Å²) in [5.74, 6) is 1.01. The van der Waals surface area contributed by atoms with E-state index in [1.807, 2.05) is 31.5 Å². The Kier molecular flexibility index (Phi) is 5.42. The lowest BCUT2D eigenvalue weighted by atomic mass is 10.3. The molecule has 22 heavy (non-hydrogen) atoms. The van der Waals surface area contributed by atoms with Gasteiger partial charge in [-0.15, -0.1) is 15.3 Å². The Balaban J connectivity index is 2.39.